The first-order chi connectivity index (χ1) is 13.7. The third-order valence-electron chi connectivity index (χ3n) is 5.04. The molecule has 28 heavy (non-hydrogen) atoms. The fraction of sp³-hybridized carbons (Fsp3) is 0.208. The van der Waals surface area contributed by atoms with Gasteiger partial charge in [0.1, 0.15) is 11.3 Å². The molecule has 0 saturated carbocycles. The van der Waals surface area contributed by atoms with Crippen LogP contribution >= 0.6 is 0 Å². The van der Waals surface area contributed by atoms with Crippen molar-refractivity contribution in [2.45, 2.75) is 33.2 Å². The Bertz CT molecular complexity index is 1160. The minimum atomic E-state index is 0.695. The van der Waals surface area contributed by atoms with Crippen LogP contribution in [-0.2, 0) is 13.0 Å². The number of nitriles is 1. The summed E-state index contributed by atoms with van der Waals surface area (Å²) in [6.07, 6.45) is 3.84. The van der Waals surface area contributed by atoms with Gasteiger partial charge in [0.2, 0.25) is 0 Å². The van der Waals surface area contributed by atoms with Crippen LogP contribution in [0, 0.1) is 18.3 Å². The van der Waals surface area contributed by atoms with E-state index in [-0.39, 0.29) is 0 Å². The first-order valence-electron chi connectivity index (χ1n) is 9.60. The number of nitrogens with zero attached hydrogens (tertiary/aromatic N) is 4. The molecular weight excluding hydrogens is 344 g/mol. The Morgan fingerprint density at radius 3 is 2.57 bits per heavy atom. The fourth-order valence-electron chi connectivity index (χ4n) is 3.57. The summed E-state index contributed by atoms with van der Waals surface area (Å²) in [6, 6.07) is 20.4. The van der Waals surface area contributed by atoms with Crippen molar-refractivity contribution in [3.05, 3.63) is 83.3 Å². The van der Waals surface area contributed by atoms with Crippen molar-refractivity contribution in [1.29, 1.82) is 5.26 Å². The third-order valence-corrected chi connectivity index (χ3v) is 5.04. The Morgan fingerprint density at radius 1 is 1.04 bits per heavy atom. The van der Waals surface area contributed by atoms with Crippen LogP contribution in [0.1, 0.15) is 35.9 Å². The maximum absolute atomic E-state index is 9.34. The van der Waals surface area contributed by atoms with E-state index in [1.54, 1.807) is 0 Å². The van der Waals surface area contributed by atoms with Crippen LogP contribution in [0.3, 0.4) is 0 Å². The van der Waals surface area contributed by atoms with Crippen molar-refractivity contribution in [3.63, 3.8) is 0 Å². The maximum Gasteiger partial charge on any atom is 0.160 e. The molecule has 4 rings (SSSR count). The molecule has 0 aliphatic heterocycles. The largest absolute Gasteiger partial charge is 0.308 e. The SMILES string of the molecule is CCCc1nc2c(C)ccnc2n1Cc1ccc(-c2ccccc2C#N)cc1. The van der Waals surface area contributed by atoms with E-state index in [4.69, 9.17) is 4.98 Å². The molecule has 0 bridgehead atoms. The standard InChI is InChI=1S/C24H22N4/c1-3-6-22-27-23-17(2)13-14-26-24(23)28(22)16-18-9-11-19(12-10-18)21-8-5-4-7-20(21)15-25/h4-5,7-14H,3,6,16H2,1-2H3. The van der Waals surface area contributed by atoms with Gasteiger partial charge in [0, 0.05) is 12.6 Å². The first kappa shape index (κ1) is 17.9. The zero-order valence-electron chi connectivity index (χ0n) is 16.2. The molecule has 0 radical (unpaired) electrons. The van der Waals surface area contributed by atoms with E-state index in [0.717, 1.165) is 53.1 Å². The molecule has 138 valence electrons. The minimum Gasteiger partial charge on any atom is -0.308 e. The van der Waals surface area contributed by atoms with E-state index in [0.29, 0.717) is 5.56 Å². The molecular formula is C24H22N4. The van der Waals surface area contributed by atoms with Gasteiger partial charge >= 0.3 is 0 Å². The van der Waals surface area contributed by atoms with E-state index in [9.17, 15) is 5.26 Å². The fourth-order valence-corrected chi connectivity index (χ4v) is 3.57. The number of hydrogen-bond donors (Lipinski definition) is 0. The Kier molecular flexibility index (Phi) is 4.90. The van der Waals surface area contributed by atoms with Gasteiger partial charge in [-0.25, -0.2) is 9.97 Å². The predicted octanol–water partition coefficient (Wildman–Crippen LogP) is 5.28. The topological polar surface area (TPSA) is 54.5 Å². The molecule has 2 aromatic heterocycles. The van der Waals surface area contributed by atoms with Crippen molar-refractivity contribution in [2.75, 3.05) is 0 Å². The molecule has 4 nitrogen and oxygen atoms in total. The van der Waals surface area contributed by atoms with E-state index >= 15 is 0 Å². The summed E-state index contributed by atoms with van der Waals surface area (Å²) >= 11 is 0. The van der Waals surface area contributed by atoms with E-state index in [2.05, 4.69) is 53.7 Å². The van der Waals surface area contributed by atoms with Crippen LogP contribution in [0.4, 0.5) is 0 Å². The van der Waals surface area contributed by atoms with Gasteiger partial charge in [-0.05, 0) is 47.7 Å². The monoisotopic (exact) mass is 366 g/mol. The predicted molar refractivity (Wildman–Crippen MR) is 112 cm³/mol. The Morgan fingerprint density at radius 2 is 1.82 bits per heavy atom. The van der Waals surface area contributed by atoms with Crippen molar-refractivity contribution in [1.82, 2.24) is 14.5 Å². The smallest absolute Gasteiger partial charge is 0.160 e. The molecule has 0 N–H and O–H groups in total. The van der Waals surface area contributed by atoms with Crippen LogP contribution in [0.5, 0.6) is 0 Å². The van der Waals surface area contributed by atoms with Gasteiger partial charge in [0.15, 0.2) is 5.65 Å². The zero-order chi connectivity index (χ0) is 19.5. The lowest BCUT2D eigenvalue weighted by Crippen LogP contribution is -2.06. The lowest BCUT2D eigenvalue weighted by Gasteiger charge is -2.10. The van der Waals surface area contributed by atoms with Gasteiger partial charge in [-0.3, -0.25) is 0 Å². The maximum atomic E-state index is 9.34. The third kappa shape index (κ3) is 3.27. The number of imidazole rings is 1. The normalized spacial score (nSPS) is 10.9. The van der Waals surface area contributed by atoms with Crippen LogP contribution in [0.2, 0.25) is 0 Å². The lowest BCUT2D eigenvalue weighted by molar-refractivity contribution is 0.717. The summed E-state index contributed by atoms with van der Waals surface area (Å²) in [6.45, 7) is 4.99. The van der Waals surface area contributed by atoms with Gasteiger partial charge in [-0.2, -0.15) is 5.26 Å². The number of fused-ring (bicyclic) bond motifs is 1. The van der Waals surface area contributed by atoms with Crippen LogP contribution < -0.4 is 0 Å². The number of benzene rings is 2. The molecule has 0 spiro atoms. The summed E-state index contributed by atoms with van der Waals surface area (Å²) in [5.41, 5.74) is 7.00. The van der Waals surface area contributed by atoms with Crippen molar-refractivity contribution < 1.29 is 0 Å². The summed E-state index contributed by atoms with van der Waals surface area (Å²) in [7, 11) is 0. The highest BCUT2D eigenvalue weighted by molar-refractivity contribution is 5.75. The zero-order valence-corrected chi connectivity index (χ0v) is 16.2. The Balaban J connectivity index is 1.70. The highest BCUT2D eigenvalue weighted by Gasteiger charge is 2.13. The van der Waals surface area contributed by atoms with Gasteiger partial charge in [0.05, 0.1) is 18.2 Å². The van der Waals surface area contributed by atoms with Gasteiger partial charge in [-0.15, -0.1) is 0 Å². The second-order valence-corrected chi connectivity index (χ2v) is 7.02. The number of aromatic nitrogens is 3. The molecule has 4 heteroatoms. The Hall–Kier alpha value is -3.45. The van der Waals surface area contributed by atoms with Crippen LogP contribution in [-0.4, -0.2) is 14.5 Å². The summed E-state index contributed by atoms with van der Waals surface area (Å²) in [5.74, 6) is 1.08. The average Bonchev–Trinajstić information content (AvgIpc) is 3.07. The van der Waals surface area contributed by atoms with E-state index in [1.807, 2.05) is 36.5 Å². The number of rotatable bonds is 5. The van der Waals surface area contributed by atoms with Crippen molar-refractivity contribution in [2.24, 2.45) is 0 Å². The number of hydrogen-bond acceptors (Lipinski definition) is 3. The van der Waals surface area contributed by atoms with Gasteiger partial charge in [-0.1, -0.05) is 49.4 Å². The number of pyridine rings is 1. The molecule has 0 amide bonds. The van der Waals surface area contributed by atoms with Gasteiger partial charge < -0.3 is 4.57 Å². The molecule has 0 aliphatic carbocycles. The molecule has 2 aromatic carbocycles. The van der Waals surface area contributed by atoms with Gasteiger partial charge in [0.25, 0.3) is 0 Å². The van der Waals surface area contributed by atoms with Crippen molar-refractivity contribution in [3.8, 4) is 17.2 Å². The quantitative estimate of drug-likeness (QED) is 0.483. The molecule has 0 fully saturated rings. The molecule has 0 unspecified atom stereocenters. The highest BCUT2D eigenvalue weighted by atomic mass is 15.1. The minimum absolute atomic E-state index is 0.695. The molecule has 4 aromatic rings. The molecule has 0 atom stereocenters. The van der Waals surface area contributed by atoms with Crippen molar-refractivity contribution >= 4 is 11.2 Å². The average molecular weight is 366 g/mol. The molecule has 0 aliphatic rings. The summed E-state index contributed by atoms with van der Waals surface area (Å²) < 4.78 is 2.23. The summed E-state index contributed by atoms with van der Waals surface area (Å²) in [4.78, 5) is 9.44. The second-order valence-electron chi connectivity index (χ2n) is 7.02. The number of aryl methyl sites for hydroxylation is 2. The second kappa shape index (κ2) is 7.66. The molecule has 2 heterocycles. The Labute approximate surface area is 165 Å². The first-order valence-corrected chi connectivity index (χ1v) is 9.60. The van der Waals surface area contributed by atoms with Crippen LogP contribution in [0.15, 0.2) is 60.8 Å². The van der Waals surface area contributed by atoms with Crippen LogP contribution in [0.25, 0.3) is 22.3 Å². The van der Waals surface area contributed by atoms with E-state index in [1.165, 1.54) is 5.56 Å². The lowest BCUT2D eigenvalue weighted by atomic mass is 9.99. The summed E-state index contributed by atoms with van der Waals surface area (Å²) in [5, 5.41) is 9.34. The highest BCUT2D eigenvalue weighted by Crippen LogP contribution is 2.25. The van der Waals surface area contributed by atoms with E-state index < -0.39 is 0 Å². The molecule has 0 saturated heterocycles.